The van der Waals surface area contributed by atoms with Gasteiger partial charge in [0.25, 0.3) is 0 Å². The quantitative estimate of drug-likeness (QED) is 0.572. The van der Waals surface area contributed by atoms with Gasteiger partial charge in [0.2, 0.25) is 0 Å². The van der Waals surface area contributed by atoms with Crippen LogP contribution in [0.25, 0.3) is 0 Å². The molecule has 1 fully saturated rings. The van der Waals surface area contributed by atoms with Crippen molar-refractivity contribution in [3.63, 3.8) is 0 Å². The van der Waals surface area contributed by atoms with Crippen LogP contribution in [0.15, 0.2) is 48.5 Å². The van der Waals surface area contributed by atoms with E-state index in [1.54, 1.807) is 0 Å². The van der Waals surface area contributed by atoms with E-state index in [9.17, 15) is 9.90 Å². The second kappa shape index (κ2) is 10.1. The maximum atomic E-state index is 11.3. The van der Waals surface area contributed by atoms with E-state index in [0.717, 1.165) is 37.9 Å². The van der Waals surface area contributed by atoms with Gasteiger partial charge in [-0.1, -0.05) is 48.0 Å². The molecule has 4 nitrogen and oxygen atoms in total. The fourth-order valence-corrected chi connectivity index (χ4v) is 4.30. The van der Waals surface area contributed by atoms with Gasteiger partial charge in [0.1, 0.15) is 0 Å². The zero-order valence-corrected chi connectivity index (χ0v) is 18.2. The molecule has 0 amide bonds. The molecule has 0 unspecified atom stereocenters. The fourth-order valence-electron chi connectivity index (χ4n) is 3.87. The van der Waals surface area contributed by atoms with Crippen molar-refractivity contribution in [2.45, 2.75) is 39.2 Å². The van der Waals surface area contributed by atoms with Crippen LogP contribution < -0.4 is 5.32 Å². The summed E-state index contributed by atoms with van der Waals surface area (Å²) in [6.45, 7) is 3.62. The molecular weight excluding hydrogens is 404 g/mol. The number of aliphatic carboxylic acids is 1. The van der Waals surface area contributed by atoms with Gasteiger partial charge in [-0.15, -0.1) is 0 Å². The molecular formula is C23H27ClN2O2S. The Hall–Kier alpha value is -2.11. The number of halogens is 1. The van der Waals surface area contributed by atoms with Crippen molar-refractivity contribution in [3.8, 4) is 0 Å². The average Bonchev–Trinajstić information content (AvgIpc) is 2.71. The Morgan fingerprint density at radius 3 is 2.45 bits per heavy atom. The van der Waals surface area contributed by atoms with Crippen LogP contribution in [0, 0.1) is 18.8 Å². The minimum atomic E-state index is -0.670. The minimum absolute atomic E-state index is 0.204. The molecule has 2 aromatic rings. The summed E-state index contributed by atoms with van der Waals surface area (Å²) in [5.74, 6) is -0.444. The van der Waals surface area contributed by atoms with Gasteiger partial charge in [-0.3, -0.25) is 4.79 Å². The van der Waals surface area contributed by atoms with Crippen molar-refractivity contribution in [1.82, 2.24) is 4.90 Å². The number of hydrogen-bond donors (Lipinski definition) is 2. The third-order valence-corrected chi connectivity index (χ3v) is 6.39. The Morgan fingerprint density at radius 2 is 1.79 bits per heavy atom. The maximum absolute atomic E-state index is 11.3. The van der Waals surface area contributed by atoms with E-state index >= 15 is 0 Å². The molecule has 154 valence electrons. The number of carbonyl (C=O) groups is 1. The van der Waals surface area contributed by atoms with Crippen LogP contribution in [0.1, 0.15) is 36.8 Å². The number of carboxylic acids is 1. The van der Waals surface area contributed by atoms with E-state index in [1.807, 2.05) is 36.4 Å². The van der Waals surface area contributed by atoms with E-state index in [4.69, 9.17) is 23.8 Å². The molecule has 6 heteroatoms. The number of hydrogen-bond acceptors (Lipinski definition) is 2. The summed E-state index contributed by atoms with van der Waals surface area (Å²) in [7, 11) is 0. The zero-order valence-electron chi connectivity index (χ0n) is 16.6. The molecule has 3 rings (SSSR count). The first-order valence-electron chi connectivity index (χ1n) is 10.0. The molecule has 0 aromatic heterocycles. The molecule has 1 aliphatic rings. The standard InChI is InChI=1S/C23H27ClN2O2S/c1-16-6-2-3-7-19(16)15-26(14-17-10-12-18(13-11-17)22(27)28)23(29)25-21-9-5-4-8-20(21)24/h2-9,17-18H,10-15H2,1H3,(H,25,29)(H,27,28). The molecule has 0 atom stereocenters. The molecule has 0 radical (unpaired) electrons. The van der Waals surface area contributed by atoms with E-state index in [-0.39, 0.29) is 5.92 Å². The molecule has 1 saturated carbocycles. The summed E-state index contributed by atoms with van der Waals surface area (Å²) in [6, 6.07) is 15.9. The minimum Gasteiger partial charge on any atom is -0.481 e. The molecule has 0 heterocycles. The second-order valence-electron chi connectivity index (χ2n) is 7.77. The van der Waals surface area contributed by atoms with Gasteiger partial charge < -0.3 is 15.3 Å². The molecule has 2 N–H and O–H groups in total. The number of para-hydroxylation sites is 1. The summed E-state index contributed by atoms with van der Waals surface area (Å²) in [4.78, 5) is 13.4. The summed E-state index contributed by atoms with van der Waals surface area (Å²) >= 11 is 12.1. The lowest BCUT2D eigenvalue weighted by atomic mass is 9.82. The zero-order chi connectivity index (χ0) is 20.8. The van der Waals surface area contributed by atoms with Gasteiger partial charge in [-0.05, 0) is 74.0 Å². The van der Waals surface area contributed by atoms with Gasteiger partial charge in [0.15, 0.2) is 5.11 Å². The number of nitrogens with zero attached hydrogens (tertiary/aromatic N) is 1. The lowest BCUT2D eigenvalue weighted by Crippen LogP contribution is -2.39. The Bertz CT molecular complexity index is 865. The van der Waals surface area contributed by atoms with Crippen molar-refractivity contribution in [2.24, 2.45) is 11.8 Å². The highest BCUT2D eigenvalue weighted by Crippen LogP contribution is 2.30. The van der Waals surface area contributed by atoms with Gasteiger partial charge in [-0.2, -0.15) is 0 Å². The first-order chi connectivity index (χ1) is 13.9. The molecule has 0 saturated heterocycles. The highest BCUT2D eigenvalue weighted by Gasteiger charge is 2.27. The molecule has 2 aromatic carbocycles. The van der Waals surface area contributed by atoms with Crippen molar-refractivity contribution >= 4 is 40.6 Å². The van der Waals surface area contributed by atoms with Gasteiger partial charge in [-0.25, -0.2) is 0 Å². The van der Waals surface area contributed by atoms with Crippen LogP contribution in [0.4, 0.5) is 5.69 Å². The van der Waals surface area contributed by atoms with Crippen LogP contribution in [0.3, 0.4) is 0 Å². The lowest BCUT2D eigenvalue weighted by Gasteiger charge is -2.33. The van der Waals surface area contributed by atoms with Crippen LogP contribution in [-0.4, -0.2) is 27.6 Å². The molecule has 29 heavy (non-hydrogen) atoms. The number of nitrogens with one attached hydrogen (secondary N) is 1. The topological polar surface area (TPSA) is 52.6 Å². The number of rotatable bonds is 6. The van der Waals surface area contributed by atoms with Crippen LogP contribution in [0.2, 0.25) is 5.02 Å². The van der Waals surface area contributed by atoms with Crippen LogP contribution in [0.5, 0.6) is 0 Å². The summed E-state index contributed by atoms with van der Waals surface area (Å²) in [5.41, 5.74) is 3.26. The molecule has 0 aliphatic heterocycles. The van der Waals surface area contributed by atoms with E-state index in [0.29, 0.717) is 22.6 Å². The number of benzene rings is 2. The normalized spacial score (nSPS) is 18.8. The molecule has 0 bridgehead atoms. The summed E-state index contributed by atoms with van der Waals surface area (Å²) < 4.78 is 0. The fraction of sp³-hybridized carbons (Fsp3) is 0.391. The second-order valence-corrected chi connectivity index (χ2v) is 8.57. The van der Waals surface area contributed by atoms with Crippen molar-refractivity contribution in [2.75, 3.05) is 11.9 Å². The SMILES string of the molecule is Cc1ccccc1CN(CC1CCC(C(=O)O)CC1)C(=S)Nc1ccccc1Cl. The maximum Gasteiger partial charge on any atom is 0.306 e. The van der Waals surface area contributed by atoms with Crippen LogP contribution >= 0.6 is 23.8 Å². The predicted octanol–water partition coefficient (Wildman–Crippen LogP) is 5.74. The van der Waals surface area contributed by atoms with Gasteiger partial charge in [0, 0.05) is 13.1 Å². The van der Waals surface area contributed by atoms with Crippen molar-refractivity contribution in [1.29, 1.82) is 0 Å². The van der Waals surface area contributed by atoms with E-state index in [1.165, 1.54) is 11.1 Å². The first-order valence-corrected chi connectivity index (χ1v) is 10.8. The van der Waals surface area contributed by atoms with E-state index < -0.39 is 5.97 Å². The van der Waals surface area contributed by atoms with Crippen molar-refractivity contribution in [3.05, 3.63) is 64.7 Å². The Labute approximate surface area is 182 Å². The Morgan fingerprint density at radius 1 is 1.14 bits per heavy atom. The first kappa shape index (κ1) is 21.6. The predicted molar refractivity (Wildman–Crippen MR) is 122 cm³/mol. The Kier molecular flexibility index (Phi) is 7.51. The highest BCUT2D eigenvalue weighted by molar-refractivity contribution is 7.80. The monoisotopic (exact) mass is 430 g/mol. The summed E-state index contributed by atoms with van der Waals surface area (Å²) in [6.07, 6.45) is 3.30. The van der Waals surface area contributed by atoms with Crippen LogP contribution in [-0.2, 0) is 11.3 Å². The number of thiocarbonyl (C=S) groups is 1. The van der Waals surface area contributed by atoms with E-state index in [2.05, 4.69) is 29.3 Å². The number of aryl methyl sites for hydroxylation is 1. The number of carboxylic acid groups (broad SMARTS) is 1. The molecule has 0 spiro atoms. The van der Waals surface area contributed by atoms with Gasteiger partial charge in [0.05, 0.1) is 16.6 Å². The lowest BCUT2D eigenvalue weighted by molar-refractivity contribution is -0.143. The Balaban J connectivity index is 1.73. The third-order valence-electron chi connectivity index (χ3n) is 5.70. The van der Waals surface area contributed by atoms with Gasteiger partial charge >= 0.3 is 5.97 Å². The average molecular weight is 431 g/mol. The van der Waals surface area contributed by atoms with Crippen molar-refractivity contribution < 1.29 is 9.90 Å². The smallest absolute Gasteiger partial charge is 0.306 e. The molecule has 1 aliphatic carbocycles. The third kappa shape index (κ3) is 5.94. The largest absolute Gasteiger partial charge is 0.481 e. The summed E-state index contributed by atoms with van der Waals surface area (Å²) in [5, 5.41) is 13.8. The highest BCUT2D eigenvalue weighted by atomic mass is 35.5. The number of anilines is 1.